The Bertz CT molecular complexity index is 640. The van der Waals surface area contributed by atoms with Crippen LogP contribution in [0.5, 0.6) is 0 Å². The SMILES string of the molecule is O=C(C1CC2CCCCC2N1)N1CCC2NNC(C(=O)N3CC(F)(F)C3)C2C1. The van der Waals surface area contributed by atoms with Crippen LogP contribution in [0, 0.1) is 11.8 Å². The number of halogens is 2. The molecule has 3 N–H and O–H groups in total. The monoisotopic (exact) mass is 397 g/mol. The highest BCUT2D eigenvalue weighted by molar-refractivity contribution is 5.85. The lowest BCUT2D eigenvalue weighted by molar-refractivity contribution is -0.168. The molecule has 4 heterocycles. The number of amides is 2. The normalized spacial score (nSPS) is 41.9. The van der Waals surface area contributed by atoms with Crippen molar-refractivity contribution < 1.29 is 18.4 Å². The first-order chi connectivity index (χ1) is 13.4. The van der Waals surface area contributed by atoms with Crippen LogP contribution >= 0.6 is 0 Å². The van der Waals surface area contributed by atoms with E-state index in [1.807, 2.05) is 4.90 Å². The minimum Gasteiger partial charge on any atom is -0.341 e. The van der Waals surface area contributed by atoms with E-state index < -0.39 is 25.1 Å². The van der Waals surface area contributed by atoms with Gasteiger partial charge in [0.1, 0.15) is 6.04 Å². The predicted molar refractivity (Wildman–Crippen MR) is 97.3 cm³/mol. The maximum atomic E-state index is 13.1. The first kappa shape index (κ1) is 18.7. The smallest absolute Gasteiger partial charge is 0.282 e. The van der Waals surface area contributed by atoms with Gasteiger partial charge >= 0.3 is 0 Å². The van der Waals surface area contributed by atoms with E-state index in [2.05, 4.69) is 16.2 Å². The maximum Gasteiger partial charge on any atom is 0.282 e. The minimum absolute atomic E-state index is 0.0805. The molecule has 0 radical (unpaired) electrons. The maximum absolute atomic E-state index is 13.1. The molecule has 1 aliphatic carbocycles. The van der Waals surface area contributed by atoms with Gasteiger partial charge < -0.3 is 15.1 Å². The summed E-state index contributed by atoms with van der Waals surface area (Å²) in [6.07, 6.45) is 6.53. The standard InChI is InChI=1S/C19H29F2N5O2/c20-19(21)9-26(10-19)18(28)16-12-8-25(6-5-14(12)23-24-16)17(27)15-7-11-3-1-2-4-13(11)22-15/h11-16,22-24H,1-10H2. The quantitative estimate of drug-likeness (QED) is 0.615. The van der Waals surface area contributed by atoms with Crippen LogP contribution < -0.4 is 16.2 Å². The summed E-state index contributed by atoms with van der Waals surface area (Å²) < 4.78 is 26.3. The van der Waals surface area contributed by atoms with Gasteiger partial charge in [0.25, 0.3) is 5.92 Å². The molecular weight excluding hydrogens is 368 g/mol. The Kier molecular flexibility index (Phi) is 4.59. The Morgan fingerprint density at radius 2 is 1.71 bits per heavy atom. The van der Waals surface area contributed by atoms with Gasteiger partial charge in [-0.05, 0) is 31.6 Å². The number of carbonyl (C=O) groups excluding carboxylic acids is 2. The third kappa shape index (κ3) is 3.21. The number of nitrogens with one attached hydrogen (secondary N) is 3. The molecule has 5 fully saturated rings. The van der Waals surface area contributed by atoms with Crippen LogP contribution in [-0.2, 0) is 9.59 Å². The van der Waals surface area contributed by atoms with Crippen LogP contribution in [0.15, 0.2) is 0 Å². The van der Waals surface area contributed by atoms with Gasteiger partial charge in [0, 0.05) is 31.1 Å². The molecule has 6 unspecified atom stereocenters. The molecule has 0 aromatic rings. The van der Waals surface area contributed by atoms with Gasteiger partial charge in [-0.3, -0.25) is 15.0 Å². The molecule has 4 saturated heterocycles. The summed E-state index contributed by atoms with van der Waals surface area (Å²) in [5.74, 6) is -2.38. The zero-order valence-electron chi connectivity index (χ0n) is 16.0. The Morgan fingerprint density at radius 3 is 2.46 bits per heavy atom. The third-order valence-corrected chi connectivity index (χ3v) is 7.41. The molecule has 0 spiro atoms. The molecule has 0 aromatic heterocycles. The van der Waals surface area contributed by atoms with Gasteiger partial charge in [0.05, 0.1) is 19.1 Å². The lowest BCUT2D eigenvalue weighted by atomic mass is 9.84. The zero-order chi connectivity index (χ0) is 19.5. The van der Waals surface area contributed by atoms with E-state index in [0.29, 0.717) is 25.0 Å². The predicted octanol–water partition coefficient (Wildman–Crippen LogP) is 0.0781. The van der Waals surface area contributed by atoms with Gasteiger partial charge in [-0.1, -0.05) is 12.8 Å². The van der Waals surface area contributed by atoms with Gasteiger partial charge in [-0.15, -0.1) is 0 Å². The molecule has 0 aromatic carbocycles. The van der Waals surface area contributed by atoms with E-state index in [-0.39, 0.29) is 29.8 Å². The number of carbonyl (C=O) groups is 2. The van der Waals surface area contributed by atoms with Crippen molar-refractivity contribution in [3.8, 4) is 0 Å². The number of hydrogen-bond donors (Lipinski definition) is 3. The highest BCUT2D eigenvalue weighted by Gasteiger charge is 2.52. The largest absolute Gasteiger partial charge is 0.341 e. The van der Waals surface area contributed by atoms with Crippen LogP contribution in [0.2, 0.25) is 0 Å². The number of rotatable bonds is 2. The lowest BCUT2D eigenvalue weighted by Gasteiger charge is -2.42. The number of piperidine rings is 1. The average molecular weight is 397 g/mol. The summed E-state index contributed by atoms with van der Waals surface area (Å²) in [7, 11) is 0. The van der Waals surface area contributed by atoms with E-state index in [1.54, 1.807) is 0 Å². The fourth-order valence-electron chi connectivity index (χ4n) is 5.84. The van der Waals surface area contributed by atoms with Crippen molar-refractivity contribution in [1.82, 2.24) is 26.0 Å². The van der Waals surface area contributed by atoms with E-state index in [1.165, 1.54) is 24.2 Å². The Hall–Kier alpha value is -1.32. The Balaban J connectivity index is 1.21. The van der Waals surface area contributed by atoms with E-state index in [9.17, 15) is 18.4 Å². The third-order valence-electron chi connectivity index (χ3n) is 7.41. The van der Waals surface area contributed by atoms with Gasteiger partial charge in [-0.25, -0.2) is 14.2 Å². The summed E-state index contributed by atoms with van der Waals surface area (Å²) in [5.41, 5.74) is 6.15. The van der Waals surface area contributed by atoms with Crippen molar-refractivity contribution >= 4 is 11.8 Å². The molecular formula is C19H29F2N5O2. The molecule has 156 valence electrons. The van der Waals surface area contributed by atoms with Crippen molar-refractivity contribution in [2.75, 3.05) is 26.2 Å². The van der Waals surface area contributed by atoms with Gasteiger partial charge in [0.2, 0.25) is 11.8 Å². The lowest BCUT2D eigenvalue weighted by Crippen LogP contribution is -2.63. The number of alkyl halides is 2. The first-order valence-electron chi connectivity index (χ1n) is 10.6. The molecule has 5 rings (SSSR count). The summed E-state index contributed by atoms with van der Waals surface area (Å²) in [6.45, 7) is 0.167. The van der Waals surface area contributed by atoms with Crippen LogP contribution in [0.25, 0.3) is 0 Å². The summed E-state index contributed by atoms with van der Waals surface area (Å²) in [4.78, 5) is 28.9. The number of hydrazine groups is 1. The molecule has 6 atom stereocenters. The second-order valence-electron chi connectivity index (χ2n) is 9.27. The van der Waals surface area contributed by atoms with E-state index in [4.69, 9.17) is 0 Å². The molecule has 1 saturated carbocycles. The molecule has 2 amide bonds. The van der Waals surface area contributed by atoms with Crippen molar-refractivity contribution in [3.63, 3.8) is 0 Å². The molecule has 0 bridgehead atoms. The summed E-state index contributed by atoms with van der Waals surface area (Å²) in [6, 6.07) is -0.0950. The molecule has 9 heteroatoms. The van der Waals surface area contributed by atoms with E-state index in [0.717, 1.165) is 19.3 Å². The van der Waals surface area contributed by atoms with Gasteiger partial charge in [-0.2, -0.15) is 0 Å². The molecule has 7 nitrogen and oxygen atoms in total. The Morgan fingerprint density at radius 1 is 0.929 bits per heavy atom. The summed E-state index contributed by atoms with van der Waals surface area (Å²) in [5, 5.41) is 3.55. The van der Waals surface area contributed by atoms with Crippen LogP contribution in [-0.4, -0.2) is 77.9 Å². The topological polar surface area (TPSA) is 76.7 Å². The fourth-order valence-corrected chi connectivity index (χ4v) is 5.84. The first-order valence-corrected chi connectivity index (χ1v) is 10.6. The van der Waals surface area contributed by atoms with Crippen LogP contribution in [0.4, 0.5) is 8.78 Å². The van der Waals surface area contributed by atoms with Crippen LogP contribution in [0.3, 0.4) is 0 Å². The second-order valence-corrected chi connectivity index (χ2v) is 9.27. The minimum atomic E-state index is -2.76. The zero-order valence-corrected chi connectivity index (χ0v) is 16.0. The fraction of sp³-hybridized carbons (Fsp3) is 0.895. The highest BCUT2D eigenvalue weighted by atomic mass is 19.3. The number of fused-ring (bicyclic) bond motifs is 2. The van der Waals surface area contributed by atoms with Crippen LogP contribution in [0.1, 0.15) is 38.5 Å². The molecule has 5 aliphatic rings. The highest BCUT2D eigenvalue weighted by Crippen LogP contribution is 2.35. The number of likely N-dealkylation sites (tertiary alicyclic amines) is 2. The van der Waals surface area contributed by atoms with Gasteiger partial charge in [0.15, 0.2) is 0 Å². The number of nitrogens with zero attached hydrogens (tertiary/aromatic N) is 2. The Labute approximate surface area is 163 Å². The van der Waals surface area contributed by atoms with Crippen molar-refractivity contribution in [2.24, 2.45) is 11.8 Å². The summed E-state index contributed by atoms with van der Waals surface area (Å²) >= 11 is 0. The average Bonchev–Trinajstić information content (AvgIpc) is 3.28. The second kappa shape index (κ2) is 6.88. The van der Waals surface area contributed by atoms with Crippen molar-refractivity contribution in [3.05, 3.63) is 0 Å². The van der Waals surface area contributed by atoms with Crippen molar-refractivity contribution in [1.29, 1.82) is 0 Å². The molecule has 28 heavy (non-hydrogen) atoms. The molecule has 4 aliphatic heterocycles. The van der Waals surface area contributed by atoms with Crippen molar-refractivity contribution in [2.45, 2.75) is 68.6 Å². The van der Waals surface area contributed by atoms with E-state index >= 15 is 0 Å². The number of hydrogen-bond acceptors (Lipinski definition) is 5.